The molecular weight excluding hydrogens is 375 g/mol. The van der Waals surface area contributed by atoms with Crippen molar-refractivity contribution < 1.29 is 22.7 Å². The molecular formula is C18H18F3N5O2. The Morgan fingerprint density at radius 2 is 2.11 bits per heavy atom. The number of nitrogens with zero attached hydrogens (tertiary/aromatic N) is 4. The number of nitrogens with one attached hydrogen (secondary N) is 1. The number of carbonyl (C=O) groups excluding carboxylic acids is 1. The molecule has 3 rings (SSSR count). The highest BCUT2D eigenvalue weighted by Crippen LogP contribution is 2.30. The van der Waals surface area contributed by atoms with E-state index in [-0.39, 0.29) is 17.1 Å². The largest absolute Gasteiger partial charge is 0.493 e. The molecule has 0 fully saturated rings. The summed E-state index contributed by atoms with van der Waals surface area (Å²) in [6.07, 6.45) is 1.05. The Morgan fingerprint density at radius 3 is 2.79 bits per heavy atom. The number of hydrogen-bond acceptors (Lipinski definition) is 4. The lowest BCUT2D eigenvalue weighted by Crippen LogP contribution is -2.26. The van der Waals surface area contributed by atoms with E-state index < -0.39 is 17.6 Å². The third-order valence-electron chi connectivity index (χ3n) is 3.96. The van der Waals surface area contributed by atoms with E-state index in [0.717, 1.165) is 12.1 Å². The zero-order chi connectivity index (χ0) is 20.1. The monoisotopic (exact) mass is 393 g/mol. The number of aromatic nitrogens is 4. The van der Waals surface area contributed by atoms with Crippen LogP contribution in [-0.4, -0.2) is 39.1 Å². The number of alkyl halides is 3. The van der Waals surface area contributed by atoms with Crippen molar-refractivity contribution in [3.05, 3.63) is 60.2 Å². The first-order valence-electron chi connectivity index (χ1n) is 8.45. The van der Waals surface area contributed by atoms with E-state index in [9.17, 15) is 18.0 Å². The summed E-state index contributed by atoms with van der Waals surface area (Å²) < 4.78 is 46.8. The van der Waals surface area contributed by atoms with E-state index >= 15 is 0 Å². The number of benzene rings is 1. The van der Waals surface area contributed by atoms with Gasteiger partial charge in [0.2, 0.25) is 0 Å². The van der Waals surface area contributed by atoms with Gasteiger partial charge in [-0.2, -0.15) is 23.4 Å². The van der Waals surface area contributed by atoms with Crippen LogP contribution in [0.15, 0.2) is 48.9 Å². The highest BCUT2D eigenvalue weighted by molar-refractivity contribution is 5.94. The van der Waals surface area contributed by atoms with E-state index in [1.54, 1.807) is 10.9 Å². The molecule has 148 valence electrons. The van der Waals surface area contributed by atoms with Crippen molar-refractivity contribution in [3.8, 4) is 11.4 Å². The summed E-state index contributed by atoms with van der Waals surface area (Å²) in [7, 11) is 1.36. The van der Waals surface area contributed by atoms with Gasteiger partial charge in [0, 0.05) is 25.5 Å². The van der Waals surface area contributed by atoms with Gasteiger partial charge in [0.05, 0.1) is 24.6 Å². The van der Waals surface area contributed by atoms with Crippen molar-refractivity contribution in [2.24, 2.45) is 0 Å². The molecule has 7 nitrogen and oxygen atoms in total. The molecule has 1 N–H and O–H groups in total. The highest BCUT2D eigenvalue weighted by Gasteiger charge is 2.30. The Kier molecular flexibility index (Phi) is 5.67. The van der Waals surface area contributed by atoms with Gasteiger partial charge in [0.1, 0.15) is 0 Å². The molecule has 0 aliphatic rings. The quantitative estimate of drug-likeness (QED) is 0.627. The minimum atomic E-state index is -4.47. The molecule has 0 aliphatic heterocycles. The second kappa shape index (κ2) is 8.15. The Morgan fingerprint density at radius 1 is 1.29 bits per heavy atom. The van der Waals surface area contributed by atoms with Crippen molar-refractivity contribution in [1.82, 2.24) is 24.9 Å². The van der Waals surface area contributed by atoms with Crippen LogP contribution in [0.25, 0.3) is 5.69 Å². The molecule has 0 atom stereocenters. The molecule has 3 aromatic rings. The fourth-order valence-electron chi connectivity index (χ4n) is 2.58. The molecule has 10 heteroatoms. The summed E-state index contributed by atoms with van der Waals surface area (Å²) in [6.45, 7) is 1.03. The second-order valence-corrected chi connectivity index (χ2v) is 5.92. The first kappa shape index (κ1) is 19.5. The average Bonchev–Trinajstić information content (AvgIpc) is 3.34. The van der Waals surface area contributed by atoms with Gasteiger partial charge in [-0.1, -0.05) is 6.07 Å². The van der Waals surface area contributed by atoms with Crippen LogP contribution in [0.3, 0.4) is 0 Å². The van der Waals surface area contributed by atoms with Crippen LogP contribution in [0.1, 0.15) is 22.5 Å². The van der Waals surface area contributed by atoms with Crippen molar-refractivity contribution in [1.29, 1.82) is 0 Å². The highest BCUT2D eigenvalue weighted by atomic mass is 19.4. The van der Waals surface area contributed by atoms with Gasteiger partial charge in [0.15, 0.2) is 11.4 Å². The molecule has 28 heavy (non-hydrogen) atoms. The summed E-state index contributed by atoms with van der Waals surface area (Å²) in [5.74, 6) is -0.301. The summed E-state index contributed by atoms with van der Waals surface area (Å²) in [4.78, 5) is 12.4. The van der Waals surface area contributed by atoms with Crippen LogP contribution < -0.4 is 10.1 Å². The van der Waals surface area contributed by atoms with Gasteiger partial charge in [-0.25, -0.2) is 4.68 Å². The van der Waals surface area contributed by atoms with E-state index in [4.69, 9.17) is 4.74 Å². The molecule has 1 amide bonds. The van der Waals surface area contributed by atoms with Crippen molar-refractivity contribution >= 4 is 5.91 Å². The SMILES string of the molecule is COc1cn(-c2cccc(C(F)(F)F)c2)nc1C(=O)NCCCn1cccn1. The normalized spacial score (nSPS) is 11.4. The molecule has 0 aliphatic carbocycles. The summed E-state index contributed by atoms with van der Waals surface area (Å²) in [6, 6.07) is 6.48. The number of aryl methyl sites for hydroxylation is 1. The number of ether oxygens (including phenoxy) is 1. The van der Waals surface area contributed by atoms with E-state index in [2.05, 4.69) is 15.5 Å². The molecule has 2 heterocycles. The Hall–Kier alpha value is -3.30. The van der Waals surface area contributed by atoms with Gasteiger partial charge in [-0.05, 0) is 30.7 Å². The maximum absolute atomic E-state index is 12.9. The van der Waals surface area contributed by atoms with Crippen molar-refractivity contribution in [3.63, 3.8) is 0 Å². The lowest BCUT2D eigenvalue weighted by molar-refractivity contribution is -0.137. The van der Waals surface area contributed by atoms with Crippen LogP contribution in [0.2, 0.25) is 0 Å². The predicted octanol–water partition coefficient (Wildman–Crippen LogP) is 2.92. The molecule has 1 aromatic carbocycles. The summed E-state index contributed by atoms with van der Waals surface area (Å²) >= 11 is 0. The third-order valence-corrected chi connectivity index (χ3v) is 3.96. The smallest absolute Gasteiger partial charge is 0.416 e. The topological polar surface area (TPSA) is 74.0 Å². The van der Waals surface area contributed by atoms with Crippen molar-refractivity contribution in [2.45, 2.75) is 19.1 Å². The fraction of sp³-hybridized carbons (Fsp3) is 0.278. The molecule has 2 aromatic heterocycles. The minimum absolute atomic E-state index is 0.000925. The van der Waals surface area contributed by atoms with Crippen LogP contribution >= 0.6 is 0 Å². The van der Waals surface area contributed by atoms with Crippen molar-refractivity contribution in [2.75, 3.05) is 13.7 Å². The van der Waals surface area contributed by atoms with Crippen LogP contribution in [0.5, 0.6) is 5.75 Å². The molecule has 0 radical (unpaired) electrons. The zero-order valence-corrected chi connectivity index (χ0v) is 15.0. The average molecular weight is 393 g/mol. The molecule has 0 saturated carbocycles. The third kappa shape index (κ3) is 4.51. The van der Waals surface area contributed by atoms with E-state index in [1.165, 1.54) is 30.1 Å². The Balaban J connectivity index is 1.70. The second-order valence-electron chi connectivity index (χ2n) is 5.92. The molecule has 0 bridgehead atoms. The number of amides is 1. The maximum Gasteiger partial charge on any atom is 0.416 e. The van der Waals surface area contributed by atoms with E-state index in [0.29, 0.717) is 19.5 Å². The van der Waals surface area contributed by atoms with Gasteiger partial charge >= 0.3 is 6.18 Å². The number of hydrogen-bond donors (Lipinski definition) is 1. The fourth-order valence-corrected chi connectivity index (χ4v) is 2.58. The summed E-state index contributed by atoms with van der Waals surface area (Å²) in [5.41, 5.74) is -0.631. The minimum Gasteiger partial charge on any atom is -0.493 e. The first-order valence-corrected chi connectivity index (χ1v) is 8.45. The van der Waals surface area contributed by atoms with Gasteiger partial charge in [0.25, 0.3) is 5.91 Å². The standard InChI is InChI=1S/C18H18F3N5O2/c1-28-15-12-26(14-6-2-5-13(11-14)18(19,20)21)24-16(15)17(27)22-7-3-9-25-10-4-8-23-25/h2,4-6,8,10-12H,3,7,9H2,1H3,(H,22,27). The molecule has 0 unspecified atom stereocenters. The van der Waals surface area contributed by atoms with Gasteiger partial charge < -0.3 is 10.1 Å². The maximum atomic E-state index is 12.9. The zero-order valence-electron chi connectivity index (χ0n) is 15.0. The molecule has 0 saturated heterocycles. The van der Waals surface area contributed by atoms with Crippen LogP contribution in [0.4, 0.5) is 13.2 Å². The van der Waals surface area contributed by atoms with Crippen LogP contribution in [0, 0.1) is 0 Å². The lowest BCUT2D eigenvalue weighted by Gasteiger charge is -2.08. The van der Waals surface area contributed by atoms with Gasteiger partial charge in [-0.3, -0.25) is 9.48 Å². The molecule has 0 spiro atoms. The summed E-state index contributed by atoms with van der Waals surface area (Å²) in [5, 5.41) is 10.9. The number of halogens is 3. The van der Waals surface area contributed by atoms with Gasteiger partial charge in [-0.15, -0.1) is 0 Å². The Bertz CT molecular complexity index is 935. The van der Waals surface area contributed by atoms with E-state index in [1.807, 2.05) is 12.3 Å². The number of rotatable bonds is 7. The predicted molar refractivity (Wildman–Crippen MR) is 94.3 cm³/mol. The first-order chi connectivity index (χ1) is 13.4. The van der Waals surface area contributed by atoms with Crippen LogP contribution in [-0.2, 0) is 12.7 Å². The number of methoxy groups -OCH3 is 1. The Labute approximate surface area is 158 Å². The lowest BCUT2D eigenvalue weighted by atomic mass is 10.2. The number of carbonyl (C=O) groups is 1.